The molecular formula is C26H42N6O3. The number of nitrogens with zero attached hydrogens (tertiary/aromatic N) is 3. The number of nitrogens with one attached hydrogen (secondary N) is 3. The second-order valence-electron chi connectivity index (χ2n) is 10.2. The fourth-order valence-corrected chi connectivity index (χ4v) is 4.61. The van der Waals surface area contributed by atoms with Crippen LogP contribution in [0.25, 0.3) is 0 Å². The Morgan fingerprint density at radius 2 is 1.57 bits per heavy atom. The van der Waals surface area contributed by atoms with E-state index in [1.165, 1.54) is 24.2 Å². The average molecular weight is 487 g/mol. The number of carbonyl (C=O) groups is 3. The van der Waals surface area contributed by atoms with E-state index in [0.717, 1.165) is 31.6 Å². The van der Waals surface area contributed by atoms with Crippen LogP contribution in [0.5, 0.6) is 0 Å². The SMILES string of the molecule is CC(C)NC(=O)N(CC(=O)Nc1ccc(N2CCN(C(=O)NC3CCCCC3)CC2)cc1)C(C)C. The quantitative estimate of drug-likeness (QED) is 0.548. The molecule has 0 spiro atoms. The van der Waals surface area contributed by atoms with E-state index >= 15 is 0 Å². The zero-order chi connectivity index (χ0) is 25.4. The van der Waals surface area contributed by atoms with Gasteiger partial charge >= 0.3 is 12.1 Å². The van der Waals surface area contributed by atoms with Crippen LogP contribution in [-0.4, -0.2) is 78.6 Å². The van der Waals surface area contributed by atoms with Gasteiger partial charge < -0.3 is 30.7 Å². The second kappa shape index (κ2) is 12.7. The van der Waals surface area contributed by atoms with Crippen molar-refractivity contribution in [2.45, 2.75) is 77.9 Å². The van der Waals surface area contributed by atoms with Gasteiger partial charge in [-0.05, 0) is 64.8 Å². The molecule has 0 unspecified atom stereocenters. The average Bonchev–Trinajstić information content (AvgIpc) is 2.83. The molecule has 1 heterocycles. The third kappa shape index (κ3) is 8.04. The Kier molecular flexibility index (Phi) is 9.63. The topological polar surface area (TPSA) is 97.0 Å². The Balaban J connectivity index is 1.46. The van der Waals surface area contributed by atoms with E-state index in [2.05, 4.69) is 20.9 Å². The van der Waals surface area contributed by atoms with Gasteiger partial charge in [-0.15, -0.1) is 0 Å². The van der Waals surface area contributed by atoms with Crippen molar-refractivity contribution in [1.29, 1.82) is 0 Å². The molecule has 9 heteroatoms. The molecule has 1 aliphatic heterocycles. The van der Waals surface area contributed by atoms with E-state index < -0.39 is 0 Å². The highest BCUT2D eigenvalue weighted by atomic mass is 16.2. The van der Waals surface area contributed by atoms with Crippen molar-refractivity contribution >= 4 is 29.3 Å². The molecule has 2 aliphatic rings. The van der Waals surface area contributed by atoms with Crippen LogP contribution in [0, 0.1) is 0 Å². The third-order valence-electron chi connectivity index (χ3n) is 6.63. The number of carbonyl (C=O) groups excluding carboxylic acids is 3. The van der Waals surface area contributed by atoms with Crippen LogP contribution < -0.4 is 20.9 Å². The third-order valence-corrected chi connectivity index (χ3v) is 6.63. The molecule has 2 fully saturated rings. The second-order valence-corrected chi connectivity index (χ2v) is 10.2. The van der Waals surface area contributed by atoms with Crippen LogP contribution in [0.2, 0.25) is 0 Å². The van der Waals surface area contributed by atoms with Gasteiger partial charge in [-0.3, -0.25) is 4.79 Å². The van der Waals surface area contributed by atoms with Crippen molar-refractivity contribution in [1.82, 2.24) is 20.4 Å². The molecule has 0 bridgehead atoms. The smallest absolute Gasteiger partial charge is 0.318 e. The van der Waals surface area contributed by atoms with Crippen LogP contribution in [0.4, 0.5) is 21.0 Å². The van der Waals surface area contributed by atoms with Crippen LogP contribution in [0.1, 0.15) is 59.8 Å². The van der Waals surface area contributed by atoms with Crippen molar-refractivity contribution in [2.24, 2.45) is 0 Å². The fourth-order valence-electron chi connectivity index (χ4n) is 4.61. The summed E-state index contributed by atoms with van der Waals surface area (Å²) >= 11 is 0. The van der Waals surface area contributed by atoms with Gasteiger partial charge in [-0.2, -0.15) is 0 Å². The minimum absolute atomic E-state index is 0.00694. The van der Waals surface area contributed by atoms with E-state index in [9.17, 15) is 14.4 Å². The predicted molar refractivity (Wildman–Crippen MR) is 140 cm³/mol. The van der Waals surface area contributed by atoms with E-state index in [4.69, 9.17) is 0 Å². The number of rotatable bonds is 7. The van der Waals surface area contributed by atoms with Gasteiger partial charge in [0.2, 0.25) is 5.91 Å². The summed E-state index contributed by atoms with van der Waals surface area (Å²) in [5.74, 6) is -0.233. The summed E-state index contributed by atoms with van der Waals surface area (Å²) in [6.07, 6.45) is 5.88. The van der Waals surface area contributed by atoms with Gasteiger partial charge in [-0.1, -0.05) is 19.3 Å². The van der Waals surface area contributed by atoms with Gasteiger partial charge in [0.05, 0.1) is 0 Å². The summed E-state index contributed by atoms with van der Waals surface area (Å²) in [5.41, 5.74) is 1.76. The van der Waals surface area contributed by atoms with Crippen LogP contribution in [-0.2, 0) is 4.79 Å². The summed E-state index contributed by atoms with van der Waals surface area (Å²) in [5, 5.41) is 8.93. The Bertz CT molecular complexity index is 843. The first-order valence-corrected chi connectivity index (χ1v) is 13.0. The van der Waals surface area contributed by atoms with E-state index in [0.29, 0.717) is 24.8 Å². The predicted octanol–water partition coefficient (Wildman–Crippen LogP) is 3.62. The Morgan fingerprint density at radius 3 is 2.14 bits per heavy atom. The maximum absolute atomic E-state index is 12.6. The molecule has 1 saturated heterocycles. The summed E-state index contributed by atoms with van der Waals surface area (Å²) in [7, 11) is 0. The zero-order valence-electron chi connectivity index (χ0n) is 21.7. The number of hydrogen-bond donors (Lipinski definition) is 3. The fraction of sp³-hybridized carbons (Fsp3) is 0.654. The highest BCUT2D eigenvalue weighted by Gasteiger charge is 2.24. The van der Waals surface area contributed by atoms with Gasteiger partial charge in [-0.25, -0.2) is 9.59 Å². The normalized spacial score (nSPS) is 16.9. The number of amides is 5. The Labute approximate surface area is 209 Å². The first kappa shape index (κ1) is 26.6. The summed E-state index contributed by atoms with van der Waals surface area (Å²) in [6, 6.07) is 7.79. The largest absolute Gasteiger partial charge is 0.368 e. The molecule has 0 aromatic heterocycles. The maximum Gasteiger partial charge on any atom is 0.318 e. The van der Waals surface area contributed by atoms with E-state index in [-0.39, 0.29) is 36.6 Å². The molecule has 0 radical (unpaired) electrons. The first-order valence-electron chi connectivity index (χ1n) is 13.0. The lowest BCUT2D eigenvalue weighted by atomic mass is 9.96. The maximum atomic E-state index is 12.6. The lowest BCUT2D eigenvalue weighted by Crippen LogP contribution is -2.53. The van der Waals surface area contributed by atoms with Crippen molar-refractivity contribution in [3.63, 3.8) is 0 Å². The van der Waals surface area contributed by atoms with Gasteiger partial charge in [0.25, 0.3) is 0 Å². The lowest BCUT2D eigenvalue weighted by molar-refractivity contribution is -0.117. The molecule has 5 amide bonds. The van der Waals surface area contributed by atoms with Crippen LogP contribution >= 0.6 is 0 Å². The van der Waals surface area contributed by atoms with Crippen molar-refractivity contribution in [2.75, 3.05) is 42.9 Å². The van der Waals surface area contributed by atoms with Gasteiger partial charge in [0.1, 0.15) is 6.54 Å². The molecule has 3 N–H and O–H groups in total. The molecule has 0 atom stereocenters. The molecule has 35 heavy (non-hydrogen) atoms. The van der Waals surface area contributed by atoms with Gasteiger partial charge in [0, 0.05) is 55.7 Å². The van der Waals surface area contributed by atoms with E-state index in [1.807, 2.05) is 56.9 Å². The molecule has 1 aliphatic carbocycles. The lowest BCUT2D eigenvalue weighted by Gasteiger charge is -2.37. The number of urea groups is 2. The Morgan fingerprint density at radius 1 is 0.943 bits per heavy atom. The number of hydrogen-bond acceptors (Lipinski definition) is 4. The highest BCUT2D eigenvalue weighted by molar-refractivity contribution is 5.94. The molecule has 1 aromatic rings. The van der Waals surface area contributed by atoms with Crippen molar-refractivity contribution in [3.05, 3.63) is 24.3 Å². The molecular weight excluding hydrogens is 444 g/mol. The molecule has 194 valence electrons. The van der Waals surface area contributed by atoms with Crippen molar-refractivity contribution in [3.8, 4) is 0 Å². The monoisotopic (exact) mass is 486 g/mol. The minimum Gasteiger partial charge on any atom is -0.368 e. The van der Waals surface area contributed by atoms with Crippen LogP contribution in [0.3, 0.4) is 0 Å². The summed E-state index contributed by atoms with van der Waals surface area (Å²) in [6.45, 7) is 10.5. The molecule has 3 rings (SSSR count). The van der Waals surface area contributed by atoms with Gasteiger partial charge in [0.15, 0.2) is 0 Å². The number of piperazine rings is 1. The molecule has 1 saturated carbocycles. The first-order chi connectivity index (χ1) is 16.7. The number of anilines is 2. The molecule has 9 nitrogen and oxygen atoms in total. The summed E-state index contributed by atoms with van der Waals surface area (Å²) in [4.78, 5) is 43.2. The standard InChI is InChI=1S/C26H42N6O3/c1-19(2)27-26(35)32(20(3)4)18-24(33)28-22-10-12-23(13-11-22)30-14-16-31(17-15-30)25(34)29-21-8-6-5-7-9-21/h10-13,19-21H,5-9,14-18H2,1-4H3,(H,27,35)(H,28,33)(H,29,34). The van der Waals surface area contributed by atoms with E-state index in [1.54, 1.807) is 0 Å². The highest BCUT2D eigenvalue weighted by Crippen LogP contribution is 2.21. The minimum atomic E-state index is -0.243. The summed E-state index contributed by atoms with van der Waals surface area (Å²) < 4.78 is 0. The Hall–Kier alpha value is -2.97. The van der Waals surface area contributed by atoms with Crippen LogP contribution in [0.15, 0.2) is 24.3 Å². The number of benzene rings is 1. The molecule has 1 aromatic carbocycles. The zero-order valence-corrected chi connectivity index (χ0v) is 21.7. The van der Waals surface area contributed by atoms with Crippen molar-refractivity contribution < 1.29 is 14.4 Å².